The number of amides is 1. The Bertz CT molecular complexity index is 623. The van der Waals surface area contributed by atoms with Crippen molar-refractivity contribution in [3.8, 4) is 0 Å². The molecule has 1 heterocycles. The maximum absolute atomic E-state index is 13.0. The van der Waals surface area contributed by atoms with E-state index < -0.39 is 0 Å². The Morgan fingerprint density at radius 3 is 2.35 bits per heavy atom. The van der Waals surface area contributed by atoms with E-state index in [-0.39, 0.29) is 11.7 Å². The van der Waals surface area contributed by atoms with Crippen molar-refractivity contribution in [2.45, 2.75) is 63.6 Å². The van der Waals surface area contributed by atoms with Crippen molar-refractivity contribution in [3.05, 3.63) is 30.1 Å². The topological polar surface area (TPSA) is 35.6 Å². The number of benzene rings is 1. The van der Waals surface area contributed by atoms with Gasteiger partial charge in [0.1, 0.15) is 5.82 Å². The number of carbonyl (C=O) groups is 1. The SMILES string of the molecule is CC1CN(C2CC2)CCN1C(=O)C1CCC(Nc2ccc(F)cc2)CC1. The third-order valence-electron chi connectivity index (χ3n) is 6.30. The number of carbonyl (C=O) groups excluding carboxylic acids is 1. The Morgan fingerprint density at radius 1 is 1.04 bits per heavy atom. The van der Waals surface area contributed by atoms with Gasteiger partial charge >= 0.3 is 0 Å². The number of rotatable bonds is 4. The number of hydrogen-bond donors (Lipinski definition) is 1. The monoisotopic (exact) mass is 359 g/mol. The largest absolute Gasteiger partial charge is 0.382 e. The molecule has 142 valence electrons. The first kappa shape index (κ1) is 17.8. The summed E-state index contributed by atoms with van der Waals surface area (Å²) in [6.07, 6.45) is 6.59. The van der Waals surface area contributed by atoms with E-state index >= 15 is 0 Å². The minimum Gasteiger partial charge on any atom is -0.382 e. The Hall–Kier alpha value is -1.62. The van der Waals surface area contributed by atoms with Crippen molar-refractivity contribution in [1.82, 2.24) is 9.80 Å². The molecule has 0 bridgehead atoms. The number of nitrogens with one attached hydrogen (secondary N) is 1. The first-order valence-corrected chi connectivity index (χ1v) is 10.2. The van der Waals surface area contributed by atoms with E-state index in [1.54, 1.807) is 12.1 Å². The molecule has 5 heteroatoms. The van der Waals surface area contributed by atoms with Crippen LogP contribution in [0.25, 0.3) is 0 Å². The summed E-state index contributed by atoms with van der Waals surface area (Å²) < 4.78 is 13.0. The van der Waals surface area contributed by atoms with E-state index in [1.165, 1.54) is 25.0 Å². The molecule has 4 nitrogen and oxygen atoms in total. The van der Waals surface area contributed by atoms with Crippen molar-refractivity contribution in [2.24, 2.45) is 5.92 Å². The van der Waals surface area contributed by atoms with Gasteiger partial charge in [0.15, 0.2) is 0 Å². The molecule has 0 spiro atoms. The summed E-state index contributed by atoms with van der Waals surface area (Å²) in [4.78, 5) is 17.7. The molecule has 0 radical (unpaired) electrons. The zero-order valence-corrected chi connectivity index (χ0v) is 15.7. The van der Waals surface area contributed by atoms with Gasteiger partial charge in [-0.2, -0.15) is 0 Å². The molecule has 1 saturated heterocycles. The highest BCUT2D eigenvalue weighted by Crippen LogP contribution is 2.32. The first-order chi connectivity index (χ1) is 12.6. The number of anilines is 1. The smallest absolute Gasteiger partial charge is 0.226 e. The highest BCUT2D eigenvalue weighted by Gasteiger charge is 2.37. The van der Waals surface area contributed by atoms with Crippen LogP contribution in [0.15, 0.2) is 24.3 Å². The normalized spacial score (nSPS) is 30.2. The van der Waals surface area contributed by atoms with E-state index in [9.17, 15) is 9.18 Å². The summed E-state index contributed by atoms with van der Waals surface area (Å²) in [7, 11) is 0. The number of piperazine rings is 1. The van der Waals surface area contributed by atoms with Gasteiger partial charge in [0, 0.05) is 49.4 Å². The molecule has 26 heavy (non-hydrogen) atoms. The van der Waals surface area contributed by atoms with E-state index in [1.807, 2.05) is 0 Å². The highest BCUT2D eigenvalue weighted by atomic mass is 19.1. The maximum atomic E-state index is 13.0. The predicted molar refractivity (Wildman–Crippen MR) is 102 cm³/mol. The van der Waals surface area contributed by atoms with Crippen LogP contribution in [0.1, 0.15) is 45.4 Å². The molecular weight excluding hydrogens is 329 g/mol. The maximum Gasteiger partial charge on any atom is 0.226 e. The Labute approximate surface area is 155 Å². The molecule has 1 unspecified atom stereocenters. The third-order valence-corrected chi connectivity index (χ3v) is 6.30. The molecule has 2 saturated carbocycles. The quantitative estimate of drug-likeness (QED) is 0.894. The van der Waals surface area contributed by atoms with Gasteiger partial charge in [0.25, 0.3) is 0 Å². The van der Waals surface area contributed by atoms with Gasteiger partial charge in [-0.15, -0.1) is 0 Å². The fraction of sp³-hybridized carbons (Fsp3) is 0.667. The summed E-state index contributed by atoms with van der Waals surface area (Å²) in [5.41, 5.74) is 0.964. The molecule has 1 atom stereocenters. The fourth-order valence-electron chi connectivity index (χ4n) is 4.59. The van der Waals surface area contributed by atoms with Gasteiger partial charge in [-0.25, -0.2) is 4.39 Å². The molecule has 3 aliphatic rings. The van der Waals surface area contributed by atoms with Crippen LogP contribution in [0.3, 0.4) is 0 Å². The molecule has 0 aromatic heterocycles. The summed E-state index contributed by atoms with van der Waals surface area (Å²) in [6, 6.07) is 8.06. The molecule has 2 aliphatic carbocycles. The van der Waals surface area contributed by atoms with E-state index in [0.29, 0.717) is 18.0 Å². The standard InChI is InChI=1S/C21H30FN3O/c1-15-14-24(20-10-11-20)12-13-25(15)21(26)16-2-6-18(7-3-16)23-19-8-4-17(22)5-9-19/h4-5,8-9,15-16,18,20,23H,2-3,6-7,10-14H2,1H3. The van der Waals surface area contributed by atoms with Crippen LogP contribution in [-0.4, -0.2) is 53.5 Å². The van der Waals surface area contributed by atoms with Gasteiger partial charge in [0.05, 0.1) is 0 Å². The fourth-order valence-corrected chi connectivity index (χ4v) is 4.59. The molecule has 1 amide bonds. The third kappa shape index (κ3) is 4.03. The molecule has 3 fully saturated rings. The number of hydrogen-bond acceptors (Lipinski definition) is 3. The average Bonchev–Trinajstić information content (AvgIpc) is 3.49. The minimum atomic E-state index is -0.208. The summed E-state index contributed by atoms with van der Waals surface area (Å²) >= 11 is 0. The van der Waals surface area contributed by atoms with Crippen molar-refractivity contribution in [3.63, 3.8) is 0 Å². The second-order valence-electron chi connectivity index (χ2n) is 8.31. The molecule has 1 aliphatic heterocycles. The highest BCUT2D eigenvalue weighted by molar-refractivity contribution is 5.79. The van der Waals surface area contributed by atoms with E-state index in [4.69, 9.17) is 0 Å². The Morgan fingerprint density at radius 2 is 1.73 bits per heavy atom. The lowest BCUT2D eigenvalue weighted by molar-refractivity contribution is -0.141. The van der Waals surface area contributed by atoms with Gasteiger partial charge in [-0.05, 0) is 69.7 Å². The van der Waals surface area contributed by atoms with Gasteiger partial charge in [-0.1, -0.05) is 0 Å². The zero-order valence-electron chi connectivity index (χ0n) is 15.7. The van der Waals surface area contributed by atoms with Crippen molar-refractivity contribution in [2.75, 3.05) is 25.0 Å². The average molecular weight is 359 g/mol. The van der Waals surface area contributed by atoms with E-state index in [2.05, 4.69) is 22.0 Å². The van der Waals surface area contributed by atoms with Crippen LogP contribution < -0.4 is 5.32 Å². The molecule has 1 aromatic rings. The summed E-state index contributed by atoms with van der Waals surface area (Å²) in [5.74, 6) is 0.338. The van der Waals surface area contributed by atoms with Crippen LogP contribution in [-0.2, 0) is 4.79 Å². The number of nitrogens with zero attached hydrogens (tertiary/aromatic N) is 2. The summed E-state index contributed by atoms with van der Waals surface area (Å²) in [5, 5.41) is 3.48. The second-order valence-corrected chi connectivity index (χ2v) is 8.31. The van der Waals surface area contributed by atoms with Crippen LogP contribution in [0, 0.1) is 11.7 Å². The summed E-state index contributed by atoms with van der Waals surface area (Å²) in [6.45, 7) is 5.18. The van der Waals surface area contributed by atoms with Gasteiger partial charge in [0.2, 0.25) is 5.91 Å². The van der Waals surface area contributed by atoms with Gasteiger partial charge in [-0.3, -0.25) is 9.69 Å². The van der Waals surface area contributed by atoms with Crippen molar-refractivity contribution >= 4 is 11.6 Å². The van der Waals surface area contributed by atoms with Gasteiger partial charge < -0.3 is 10.2 Å². The van der Waals surface area contributed by atoms with Crippen molar-refractivity contribution in [1.29, 1.82) is 0 Å². The molecular formula is C21H30FN3O. The van der Waals surface area contributed by atoms with E-state index in [0.717, 1.165) is 57.0 Å². The molecule has 4 rings (SSSR count). The van der Waals surface area contributed by atoms with Crippen molar-refractivity contribution < 1.29 is 9.18 Å². The minimum absolute atomic E-state index is 0.177. The Kier molecular flexibility index (Phi) is 5.16. The lowest BCUT2D eigenvalue weighted by atomic mass is 9.84. The second kappa shape index (κ2) is 7.55. The van der Waals surface area contributed by atoms with Crippen LogP contribution in [0.4, 0.5) is 10.1 Å². The van der Waals surface area contributed by atoms with Crippen LogP contribution in [0.5, 0.6) is 0 Å². The lowest BCUT2D eigenvalue weighted by Gasteiger charge is -2.42. The van der Waals surface area contributed by atoms with Crippen LogP contribution >= 0.6 is 0 Å². The lowest BCUT2D eigenvalue weighted by Crippen LogP contribution is -2.56. The molecule has 1 N–H and O–H groups in total. The zero-order chi connectivity index (χ0) is 18.1. The number of halogens is 1. The first-order valence-electron chi connectivity index (χ1n) is 10.2. The van der Waals surface area contributed by atoms with Crippen LogP contribution in [0.2, 0.25) is 0 Å². The predicted octanol–water partition coefficient (Wildman–Crippen LogP) is 3.49. The Balaban J connectivity index is 1.26. The molecule has 1 aromatic carbocycles.